The molecule has 6 nitrogen and oxygen atoms in total. The maximum atomic E-state index is 12.5. The van der Waals surface area contributed by atoms with Crippen LogP contribution in [0.5, 0.6) is 0 Å². The van der Waals surface area contributed by atoms with Gasteiger partial charge in [0, 0.05) is 12.8 Å². The Morgan fingerprint density at radius 2 is 0.983 bits per heavy atom. The molecule has 0 bridgehead atoms. The molecule has 0 aromatic carbocycles. The molecular formula is C51H87O6SV-. The first kappa shape index (κ1) is 49.7. The summed E-state index contributed by atoms with van der Waals surface area (Å²) in [6, 6.07) is 0. The van der Waals surface area contributed by atoms with Gasteiger partial charge in [-0.2, -0.15) is 0 Å². The minimum absolute atomic E-state index is 0. The third-order valence-corrected chi connectivity index (χ3v) is 20.2. The molecule has 59 heavy (non-hydrogen) atoms. The fourth-order valence-corrected chi connectivity index (χ4v) is 17.6. The van der Waals surface area contributed by atoms with Crippen LogP contribution in [0, 0.1) is 100 Å². The van der Waals surface area contributed by atoms with E-state index in [-0.39, 0.29) is 25.6 Å². The number of aliphatic hydroxyl groups excluding tert-OH is 2. The van der Waals surface area contributed by atoms with Crippen LogP contribution in [0.25, 0.3) is 0 Å². The minimum atomic E-state index is -0.632. The van der Waals surface area contributed by atoms with Crippen LogP contribution in [0.3, 0.4) is 0 Å². The van der Waals surface area contributed by atoms with Gasteiger partial charge in [-0.15, -0.1) is 0 Å². The van der Waals surface area contributed by atoms with E-state index < -0.39 is 11.6 Å². The van der Waals surface area contributed by atoms with Gasteiger partial charge in [0.1, 0.15) is 5.60 Å². The average Bonchev–Trinajstić information content (AvgIpc) is 3.69. The Kier molecular flexibility index (Phi) is 16.0. The fourth-order valence-electron chi connectivity index (χ4n) is 17.6. The van der Waals surface area contributed by atoms with Crippen molar-refractivity contribution < 1.29 is 45.4 Å². The number of ether oxygens (including phenoxy) is 1. The predicted octanol–water partition coefficient (Wildman–Crippen LogP) is 12.6. The van der Waals surface area contributed by atoms with Crippen LogP contribution in [0.4, 0.5) is 0 Å². The number of aliphatic carboxylic acids is 1. The van der Waals surface area contributed by atoms with Crippen LogP contribution in [-0.2, 0) is 30.0 Å². The van der Waals surface area contributed by atoms with Crippen molar-refractivity contribution in [3.63, 3.8) is 0 Å². The van der Waals surface area contributed by atoms with Crippen molar-refractivity contribution >= 4 is 22.2 Å². The van der Waals surface area contributed by atoms with Crippen molar-refractivity contribution in [3.05, 3.63) is 7.43 Å². The predicted molar refractivity (Wildman–Crippen MR) is 237 cm³/mol. The molecule has 0 radical (unpaired) electrons. The van der Waals surface area contributed by atoms with E-state index in [4.69, 9.17) is 4.74 Å². The van der Waals surface area contributed by atoms with Gasteiger partial charge in [0.05, 0.1) is 12.2 Å². The fraction of sp³-hybridized carbons (Fsp3) is 0.941. The third-order valence-electron chi connectivity index (χ3n) is 20.2. The van der Waals surface area contributed by atoms with Gasteiger partial charge in [-0.1, -0.05) is 41.5 Å². The van der Waals surface area contributed by atoms with Crippen LogP contribution >= 0.6 is 10.3 Å². The Morgan fingerprint density at radius 3 is 1.37 bits per heavy atom. The monoisotopic (exact) mass is 879 g/mol. The molecule has 3 N–H and O–H groups in total. The Labute approximate surface area is 374 Å². The van der Waals surface area contributed by atoms with Crippen molar-refractivity contribution in [2.45, 2.75) is 209 Å². The molecule has 0 saturated heterocycles. The van der Waals surface area contributed by atoms with E-state index in [1.54, 1.807) is 0 Å². The average molecular weight is 879 g/mol. The summed E-state index contributed by atoms with van der Waals surface area (Å²) in [5, 5.41) is 29.7. The third kappa shape index (κ3) is 9.57. The summed E-state index contributed by atoms with van der Waals surface area (Å²) in [6.07, 6.45) is 23.1. The molecule has 0 amide bonds. The summed E-state index contributed by atoms with van der Waals surface area (Å²) in [7, 11) is 4.02. The molecule has 8 heteroatoms. The van der Waals surface area contributed by atoms with E-state index in [0.29, 0.717) is 58.2 Å². The number of rotatable bonds is 6. The van der Waals surface area contributed by atoms with Crippen molar-refractivity contribution in [1.82, 2.24) is 0 Å². The molecule has 8 aliphatic rings. The topological polar surface area (TPSA) is 104 Å². The van der Waals surface area contributed by atoms with Crippen LogP contribution < -0.4 is 0 Å². The molecule has 339 valence electrons. The van der Waals surface area contributed by atoms with Crippen LogP contribution in [0.2, 0.25) is 0 Å². The number of carboxylic acids is 1. The summed E-state index contributed by atoms with van der Waals surface area (Å²) in [5.74, 6) is 7.75. The standard InChI is InChI=1S/C27H46O3.C23H38O3.CH3.S.V/c1-17(15-24(29)30-25(2,3)4)21-9-10-22-20-8-7-18-16-19(28)11-13-26(18,5)23(20)12-14-27(21,22)6;1-14(12-21(25)26)18-6-7-19-17-5-4-15-13-16(24)8-10-22(15,2)20(17)9-11-23(18,19)3;;;/h17-23,28H,7-16H2,1-6H3;14-20,24H,4-13H2,1-3H3,(H,25,26);1H3;;/q;;-1;;/t17-,18?,19-,20?,21?,22?,23?,26+,27-;14-,15?,16-,17?,18?,19?,20?,22+,23-;;;/m11.../s1. The Morgan fingerprint density at radius 1 is 0.610 bits per heavy atom. The number of fused-ring (bicyclic) bond motifs is 10. The van der Waals surface area contributed by atoms with Gasteiger partial charge in [-0.25, -0.2) is 0 Å². The number of aliphatic hydroxyl groups is 2. The normalized spacial score (nSPS) is 46.8. The Hall–Kier alpha value is -0.336. The number of esters is 1. The van der Waals surface area contributed by atoms with E-state index in [1.807, 2.05) is 36.5 Å². The van der Waals surface area contributed by atoms with Gasteiger partial charge in [0.2, 0.25) is 0 Å². The molecule has 8 saturated carbocycles. The van der Waals surface area contributed by atoms with Crippen molar-refractivity contribution in [2.24, 2.45) is 92.7 Å². The van der Waals surface area contributed by atoms with E-state index in [1.165, 1.54) is 89.9 Å². The Balaban J connectivity index is 0.000000214. The van der Waals surface area contributed by atoms with Crippen LogP contribution in [0.1, 0.15) is 191 Å². The van der Waals surface area contributed by atoms with E-state index in [0.717, 1.165) is 73.0 Å². The maximum absolute atomic E-state index is 12.5. The molecule has 10 unspecified atom stereocenters. The zero-order chi connectivity index (χ0) is 42.6. The quantitative estimate of drug-likeness (QED) is 0.180. The van der Waals surface area contributed by atoms with Gasteiger partial charge in [-0.05, 0) is 229 Å². The summed E-state index contributed by atoms with van der Waals surface area (Å²) in [5.41, 5.74) is 1.24. The number of carbonyl (C=O) groups is 2. The summed E-state index contributed by atoms with van der Waals surface area (Å²) in [4.78, 5) is 23.8. The second-order valence-electron chi connectivity index (χ2n) is 24.0. The molecule has 8 rings (SSSR count). The van der Waals surface area contributed by atoms with Gasteiger partial charge < -0.3 is 27.5 Å². The molecule has 0 heterocycles. The molecular weight excluding hydrogens is 792 g/mol. The van der Waals surface area contributed by atoms with Crippen LogP contribution in [0.15, 0.2) is 0 Å². The zero-order valence-corrected chi connectivity index (χ0v) is 41.4. The summed E-state index contributed by atoms with van der Waals surface area (Å²) < 4.78 is 5.64. The number of carbonyl (C=O) groups excluding carboxylic acids is 1. The summed E-state index contributed by atoms with van der Waals surface area (Å²) >= 11 is 1.90. The van der Waals surface area contributed by atoms with Gasteiger partial charge in [-0.3, -0.25) is 9.59 Å². The summed E-state index contributed by atoms with van der Waals surface area (Å²) in [6.45, 7) is 20.6. The second-order valence-corrected chi connectivity index (χ2v) is 24.0. The molecule has 8 aliphatic carbocycles. The number of hydrogen-bond donors (Lipinski definition) is 3. The molecule has 0 aliphatic heterocycles. The number of hydrogen-bond acceptors (Lipinski definition) is 6. The molecule has 0 spiro atoms. The van der Waals surface area contributed by atoms with Crippen LogP contribution in [-0.4, -0.2) is 45.1 Å². The zero-order valence-electron chi connectivity index (χ0n) is 39.1. The van der Waals surface area contributed by atoms with Gasteiger partial charge in [0.25, 0.3) is 0 Å². The van der Waals surface area contributed by atoms with Gasteiger partial charge in [0.15, 0.2) is 0 Å². The first-order valence-corrected chi connectivity index (χ1v) is 26.2. The molecule has 8 fully saturated rings. The van der Waals surface area contributed by atoms with Crippen molar-refractivity contribution in [1.29, 1.82) is 0 Å². The molecule has 18 atom stereocenters. The second kappa shape index (κ2) is 19.0. The van der Waals surface area contributed by atoms with Crippen molar-refractivity contribution in [2.75, 3.05) is 0 Å². The SMILES string of the molecule is C[C@H](CC(=O)O)C1CCC2C3CCC4C[C@H](O)CC[C@]4(C)C3CC[C@@]21C.C[C@H](CC(=O)OC(C)(C)C)C1CCC2C3CCC4C[C@H](O)CC[C@]4(C)C3CC[C@@]21C.[CH3-].[S]=[V]. The van der Waals surface area contributed by atoms with Gasteiger partial charge >= 0.3 is 37.9 Å². The first-order chi connectivity index (χ1) is 27.2. The Bertz CT molecular complexity index is 1450. The number of carboxylic acid groups (broad SMARTS) is 1. The van der Waals surface area contributed by atoms with Crippen molar-refractivity contribution in [3.8, 4) is 0 Å². The van der Waals surface area contributed by atoms with E-state index >= 15 is 0 Å². The first-order valence-electron chi connectivity index (χ1n) is 24.2. The van der Waals surface area contributed by atoms with E-state index in [9.17, 15) is 24.9 Å². The molecule has 0 aromatic heterocycles. The molecule has 0 aromatic rings. The van der Waals surface area contributed by atoms with E-state index in [2.05, 4.69) is 51.8 Å².